The molecule has 0 aliphatic carbocycles. The van der Waals surface area contributed by atoms with E-state index in [4.69, 9.17) is 0 Å². The van der Waals surface area contributed by atoms with E-state index in [2.05, 4.69) is 12.3 Å². The molecule has 0 amide bonds. The lowest BCUT2D eigenvalue weighted by atomic mass is 10.2. The van der Waals surface area contributed by atoms with Crippen LogP contribution < -0.4 is 0 Å². The molecule has 0 unspecified atom stereocenters. The molecular formula is C6H8F2. The minimum absolute atomic E-state index is 0.113. The van der Waals surface area contributed by atoms with E-state index in [1.807, 2.05) is 0 Å². The summed E-state index contributed by atoms with van der Waals surface area (Å²) >= 11 is 0. The van der Waals surface area contributed by atoms with E-state index in [0.29, 0.717) is 0 Å². The highest BCUT2D eigenvalue weighted by Crippen LogP contribution is 2.20. The molecule has 0 aliphatic rings. The molecule has 0 aliphatic heterocycles. The van der Waals surface area contributed by atoms with Gasteiger partial charge in [0, 0.05) is 12.5 Å². The third-order valence-electron chi connectivity index (χ3n) is 0.924. The van der Waals surface area contributed by atoms with Gasteiger partial charge in [-0.15, -0.1) is 5.73 Å². The largest absolute Gasteiger partial charge is 0.273 e. The minimum Gasteiger partial charge on any atom is -0.201 e. The topological polar surface area (TPSA) is 0 Å². The summed E-state index contributed by atoms with van der Waals surface area (Å²) in [6.45, 7) is 5.20. The summed E-state index contributed by atoms with van der Waals surface area (Å²) in [6.07, 6.45) is 0. The van der Waals surface area contributed by atoms with Crippen molar-refractivity contribution in [1.82, 2.24) is 0 Å². The molecule has 0 heterocycles. The van der Waals surface area contributed by atoms with Gasteiger partial charge in [-0.3, -0.25) is 0 Å². The van der Waals surface area contributed by atoms with Crippen LogP contribution in [0.3, 0.4) is 0 Å². The van der Waals surface area contributed by atoms with Crippen molar-refractivity contribution < 1.29 is 8.78 Å². The lowest BCUT2D eigenvalue weighted by Gasteiger charge is -2.06. The summed E-state index contributed by atoms with van der Waals surface area (Å²) in [6, 6.07) is 0. The summed E-state index contributed by atoms with van der Waals surface area (Å²) in [7, 11) is 0. The average Bonchev–Trinajstić information content (AvgIpc) is 1.62. The molecule has 2 heteroatoms. The molecule has 8 heavy (non-hydrogen) atoms. The lowest BCUT2D eigenvalue weighted by Crippen LogP contribution is -2.09. The smallest absolute Gasteiger partial charge is 0.201 e. The summed E-state index contributed by atoms with van der Waals surface area (Å²) in [5.41, 5.74) is 2.01. The molecule has 0 atom stereocenters. The van der Waals surface area contributed by atoms with Crippen molar-refractivity contribution >= 4 is 0 Å². The molecule has 0 rings (SSSR count). The molecule has 0 aromatic heterocycles. The van der Waals surface area contributed by atoms with Gasteiger partial charge in [0.1, 0.15) is 0 Å². The van der Waals surface area contributed by atoms with E-state index in [1.165, 1.54) is 6.92 Å². The van der Waals surface area contributed by atoms with Crippen LogP contribution in [0.1, 0.15) is 13.8 Å². The fourth-order valence-electron chi connectivity index (χ4n) is 0.155. The maximum atomic E-state index is 12.0. The summed E-state index contributed by atoms with van der Waals surface area (Å²) < 4.78 is 24.0. The standard InChI is InChI=1S/C6H8F2/c1-4-5(2)6(3,7)8/h1H2,2-3H3. The zero-order valence-corrected chi connectivity index (χ0v) is 4.96. The van der Waals surface area contributed by atoms with Crippen molar-refractivity contribution in [3.05, 3.63) is 17.9 Å². The van der Waals surface area contributed by atoms with E-state index in [9.17, 15) is 8.78 Å². The van der Waals surface area contributed by atoms with E-state index < -0.39 is 5.92 Å². The van der Waals surface area contributed by atoms with Gasteiger partial charge in [-0.25, -0.2) is 8.78 Å². The molecule has 0 saturated heterocycles. The fourth-order valence-corrected chi connectivity index (χ4v) is 0.155. The number of halogens is 2. The van der Waals surface area contributed by atoms with Gasteiger partial charge >= 0.3 is 0 Å². The number of hydrogen-bond donors (Lipinski definition) is 0. The van der Waals surface area contributed by atoms with E-state index in [-0.39, 0.29) is 5.57 Å². The van der Waals surface area contributed by atoms with Gasteiger partial charge in [-0.2, -0.15) is 0 Å². The maximum absolute atomic E-state index is 12.0. The molecule has 0 saturated carbocycles. The first-order valence-corrected chi connectivity index (χ1v) is 2.23. The van der Waals surface area contributed by atoms with Crippen LogP contribution in [0.15, 0.2) is 17.9 Å². The Labute approximate surface area is 47.5 Å². The summed E-state index contributed by atoms with van der Waals surface area (Å²) in [4.78, 5) is 0. The Morgan fingerprint density at radius 2 is 2.00 bits per heavy atom. The highest BCUT2D eigenvalue weighted by Gasteiger charge is 2.22. The Bertz CT molecular complexity index is 124. The Morgan fingerprint density at radius 3 is 2.00 bits per heavy atom. The van der Waals surface area contributed by atoms with Gasteiger partial charge in [-0.05, 0) is 6.92 Å². The Kier molecular flexibility index (Phi) is 1.94. The molecule has 0 aromatic rings. The lowest BCUT2D eigenvalue weighted by molar-refractivity contribution is 0.0638. The third-order valence-corrected chi connectivity index (χ3v) is 0.924. The van der Waals surface area contributed by atoms with Gasteiger partial charge in [0.05, 0.1) is 0 Å². The van der Waals surface area contributed by atoms with Crippen LogP contribution in [0.4, 0.5) is 8.78 Å². The van der Waals surface area contributed by atoms with Gasteiger partial charge in [0.25, 0.3) is 5.92 Å². The zero-order valence-electron chi connectivity index (χ0n) is 4.96. The predicted molar refractivity (Wildman–Crippen MR) is 28.9 cm³/mol. The maximum Gasteiger partial charge on any atom is 0.273 e. The first-order valence-electron chi connectivity index (χ1n) is 2.23. The second kappa shape index (κ2) is 2.10. The van der Waals surface area contributed by atoms with Crippen LogP contribution in [0.25, 0.3) is 0 Å². The van der Waals surface area contributed by atoms with Crippen molar-refractivity contribution in [2.45, 2.75) is 19.8 Å². The Morgan fingerprint density at radius 1 is 1.62 bits per heavy atom. The van der Waals surface area contributed by atoms with Crippen molar-refractivity contribution in [2.24, 2.45) is 0 Å². The highest BCUT2D eigenvalue weighted by molar-refractivity contribution is 5.04. The molecule has 0 radical (unpaired) electrons. The van der Waals surface area contributed by atoms with Crippen molar-refractivity contribution in [3.63, 3.8) is 0 Å². The van der Waals surface area contributed by atoms with Gasteiger partial charge in [0.15, 0.2) is 0 Å². The molecule has 0 fully saturated rings. The first-order chi connectivity index (χ1) is 3.48. The van der Waals surface area contributed by atoms with Gasteiger partial charge in [-0.1, -0.05) is 6.58 Å². The number of rotatable bonds is 1. The van der Waals surface area contributed by atoms with E-state index in [1.54, 1.807) is 0 Å². The second-order valence-corrected chi connectivity index (χ2v) is 1.69. The van der Waals surface area contributed by atoms with Crippen molar-refractivity contribution in [3.8, 4) is 0 Å². The van der Waals surface area contributed by atoms with Crippen molar-refractivity contribution in [2.75, 3.05) is 0 Å². The third kappa shape index (κ3) is 1.90. The van der Waals surface area contributed by atoms with Gasteiger partial charge < -0.3 is 0 Å². The van der Waals surface area contributed by atoms with Crippen LogP contribution >= 0.6 is 0 Å². The van der Waals surface area contributed by atoms with Crippen LogP contribution in [0, 0.1) is 0 Å². The molecule has 0 aromatic carbocycles. The minimum atomic E-state index is -2.75. The summed E-state index contributed by atoms with van der Waals surface area (Å²) in [5.74, 6) is -2.75. The van der Waals surface area contributed by atoms with Crippen molar-refractivity contribution in [1.29, 1.82) is 0 Å². The van der Waals surface area contributed by atoms with Crippen LogP contribution in [-0.2, 0) is 0 Å². The predicted octanol–water partition coefficient (Wildman–Crippen LogP) is 2.37. The average molecular weight is 118 g/mol. The van der Waals surface area contributed by atoms with Crippen LogP contribution in [0.2, 0.25) is 0 Å². The van der Waals surface area contributed by atoms with Crippen LogP contribution in [-0.4, -0.2) is 5.92 Å². The monoisotopic (exact) mass is 118 g/mol. The molecule has 0 spiro atoms. The normalized spacial score (nSPS) is 10.5. The molecular weight excluding hydrogens is 110 g/mol. The SMILES string of the molecule is C=C=C(C)C(C)(F)F. The number of alkyl halides is 2. The Balaban J connectivity index is 4.26. The molecule has 0 bridgehead atoms. The molecule has 0 nitrogen and oxygen atoms in total. The first kappa shape index (κ1) is 7.38. The van der Waals surface area contributed by atoms with Crippen LogP contribution in [0.5, 0.6) is 0 Å². The zero-order chi connectivity index (χ0) is 6.78. The number of allylic oxidation sites excluding steroid dienone is 1. The van der Waals surface area contributed by atoms with Gasteiger partial charge in [0.2, 0.25) is 0 Å². The highest BCUT2D eigenvalue weighted by atomic mass is 19.3. The van der Waals surface area contributed by atoms with E-state index in [0.717, 1.165) is 6.92 Å². The number of hydrogen-bond acceptors (Lipinski definition) is 0. The Hall–Kier alpha value is -0.620. The fraction of sp³-hybridized carbons (Fsp3) is 0.500. The molecule has 46 valence electrons. The summed E-state index contributed by atoms with van der Waals surface area (Å²) in [5, 5.41) is 0. The quantitative estimate of drug-likeness (QED) is 0.464. The van der Waals surface area contributed by atoms with E-state index >= 15 is 0 Å². The molecule has 0 N–H and O–H groups in total. The second-order valence-electron chi connectivity index (χ2n) is 1.69.